The SMILES string of the molecule is CCCC1CN(CCCC(C)C)C(CC)CN1. The van der Waals surface area contributed by atoms with Crippen molar-refractivity contribution in [2.24, 2.45) is 5.92 Å². The minimum Gasteiger partial charge on any atom is -0.311 e. The minimum atomic E-state index is 0.738. The van der Waals surface area contributed by atoms with E-state index in [0.29, 0.717) is 0 Å². The van der Waals surface area contributed by atoms with Gasteiger partial charge in [-0.1, -0.05) is 34.1 Å². The molecule has 1 aliphatic rings. The summed E-state index contributed by atoms with van der Waals surface area (Å²) in [4.78, 5) is 2.74. The van der Waals surface area contributed by atoms with Crippen LogP contribution in [0.2, 0.25) is 0 Å². The fraction of sp³-hybridized carbons (Fsp3) is 1.00. The third-order valence-electron chi connectivity index (χ3n) is 3.95. The molecule has 1 fully saturated rings. The molecule has 0 radical (unpaired) electrons. The van der Waals surface area contributed by atoms with E-state index in [1.165, 1.54) is 51.7 Å². The van der Waals surface area contributed by atoms with Crippen LogP contribution in [0.15, 0.2) is 0 Å². The molecule has 2 heteroatoms. The lowest BCUT2D eigenvalue weighted by Crippen LogP contribution is -2.56. The van der Waals surface area contributed by atoms with Crippen LogP contribution in [0.25, 0.3) is 0 Å². The normalized spacial score (nSPS) is 26.6. The van der Waals surface area contributed by atoms with Gasteiger partial charge in [-0.05, 0) is 38.1 Å². The van der Waals surface area contributed by atoms with Gasteiger partial charge in [0.15, 0.2) is 0 Å². The fourth-order valence-electron chi connectivity index (χ4n) is 2.85. The Morgan fingerprint density at radius 3 is 2.65 bits per heavy atom. The molecule has 1 N–H and O–H groups in total. The summed E-state index contributed by atoms with van der Waals surface area (Å²) < 4.78 is 0. The van der Waals surface area contributed by atoms with Gasteiger partial charge < -0.3 is 5.32 Å². The quantitative estimate of drug-likeness (QED) is 0.735. The molecule has 0 bridgehead atoms. The van der Waals surface area contributed by atoms with E-state index in [2.05, 4.69) is 37.9 Å². The van der Waals surface area contributed by atoms with Gasteiger partial charge in [-0.3, -0.25) is 4.90 Å². The van der Waals surface area contributed by atoms with Crippen molar-refractivity contribution in [3.05, 3.63) is 0 Å². The number of piperazine rings is 1. The number of hydrogen-bond acceptors (Lipinski definition) is 2. The van der Waals surface area contributed by atoms with Crippen LogP contribution in [0.3, 0.4) is 0 Å². The Hall–Kier alpha value is -0.0800. The van der Waals surface area contributed by atoms with Gasteiger partial charge in [0.25, 0.3) is 0 Å². The monoisotopic (exact) mass is 240 g/mol. The predicted octanol–water partition coefficient (Wildman–Crippen LogP) is 3.28. The number of rotatable bonds is 7. The van der Waals surface area contributed by atoms with E-state index in [9.17, 15) is 0 Å². The van der Waals surface area contributed by atoms with E-state index in [0.717, 1.165) is 18.0 Å². The molecular formula is C15H32N2. The second-order valence-electron chi connectivity index (χ2n) is 5.99. The lowest BCUT2D eigenvalue weighted by atomic mass is 10.0. The van der Waals surface area contributed by atoms with Gasteiger partial charge in [-0.25, -0.2) is 0 Å². The molecule has 2 unspecified atom stereocenters. The number of hydrogen-bond donors (Lipinski definition) is 1. The molecule has 0 aromatic rings. The highest BCUT2D eigenvalue weighted by Crippen LogP contribution is 2.15. The van der Waals surface area contributed by atoms with Crippen LogP contribution in [0.4, 0.5) is 0 Å². The summed E-state index contributed by atoms with van der Waals surface area (Å²) in [5.41, 5.74) is 0. The molecule has 2 atom stereocenters. The second kappa shape index (κ2) is 8.10. The molecule has 102 valence electrons. The zero-order valence-corrected chi connectivity index (χ0v) is 12.3. The van der Waals surface area contributed by atoms with Crippen molar-refractivity contribution < 1.29 is 0 Å². The highest BCUT2D eigenvalue weighted by molar-refractivity contribution is 4.85. The zero-order valence-electron chi connectivity index (χ0n) is 12.3. The minimum absolute atomic E-state index is 0.738. The Kier molecular flexibility index (Phi) is 7.14. The highest BCUT2D eigenvalue weighted by Gasteiger charge is 2.25. The van der Waals surface area contributed by atoms with Gasteiger partial charge in [0, 0.05) is 25.2 Å². The van der Waals surface area contributed by atoms with Crippen LogP contribution >= 0.6 is 0 Å². The summed E-state index contributed by atoms with van der Waals surface area (Å²) in [6.07, 6.45) is 6.66. The maximum atomic E-state index is 3.71. The second-order valence-corrected chi connectivity index (χ2v) is 5.99. The first-order valence-electron chi connectivity index (χ1n) is 7.64. The Bertz CT molecular complexity index is 191. The van der Waals surface area contributed by atoms with Crippen molar-refractivity contribution in [1.82, 2.24) is 10.2 Å². The highest BCUT2D eigenvalue weighted by atomic mass is 15.2. The Morgan fingerprint density at radius 2 is 2.06 bits per heavy atom. The summed E-state index contributed by atoms with van der Waals surface area (Å²) in [5.74, 6) is 0.851. The zero-order chi connectivity index (χ0) is 12.7. The molecule has 1 saturated heterocycles. The molecule has 1 aliphatic heterocycles. The van der Waals surface area contributed by atoms with Crippen molar-refractivity contribution in [2.75, 3.05) is 19.6 Å². The van der Waals surface area contributed by atoms with Gasteiger partial charge in [0.2, 0.25) is 0 Å². The Labute approximate surface area is 108 Å². The molecule has 0 saturated carbocycles. The molecule has 0 spiro atoms. The molecule has 0 amide bonds. The van der Waals surface area contributed by atoms with Crippen molar-refractivity contribution >= 4 is 0 Å². The smallest absolute Gasteiger partial charge is 0.0218 e. The van der Waals surface area contributed by atoms with Gasteiger partial charge in [0.1, 0.15) is 0 Å². The largest absolute Gasteiger partial charge is 0.311 e. The Morgan fingerprint density at radius 1 is 1.29 bits per heavy atom. The Balaban J connectivity index is 2.34. The van der Waals surface area contributed by atoms with E-state index >= 15 is 0 Å². The van der Waals surface area contributed by atoms with E-state index < -0.39 is 0 Å². The van der Waals surface area contributed by atoms with Crippen molar-refractivity contribution in [1.29, 1.82) is 0 Å². The van der Waals surface area contributed by atoms with Crippen molar-refractivity contribution in [3.8, 4) is 0 Å². The molecule has 1 rings (SSSR count). The molecule has 0 aromatic heterocycles. The van der Waals surface area contributed by atoms with Gasteiger partial charge in [-0.2, -0.15) is 0 Å². The van der Waals surface area contributed by atoms with Crippen LogP contribution < -0.4 is 5.32 Å². The number of nitrogens with zero attached hydrogens (tertiary/aromatic N) is 1. The number of nitrogens with one attached hydrogen (secondary N) is 1. The van der Waals surface area contributed by atoms with E-state index in [1.54, 1.807) is 0 Å². The summed E-state index contributed by atoms with van der Waals surface area (Å²) >= 11 is 0. The molecule has 0 aromatic carbocycles. The van der Waals surface area contributed by atoms with Crippen LogP contribution in [-0.4, -0.2) is 36.6 Å². The summed E-state index contributed by atoms with van der Waals surface area (Å²) in [6, 6.07) is 1.51. The average molecular weight is 240 g/mol. The van der Waals surface area contributed by atoms with E-state index in [4.69, 9.17) is 0 Å². The van der Waals surface area contributed by atoms with Gasteiger partial charge >= 0.3 is 0 Å². The first-order valence-corrected chi connectivity index (χ1v) is 7.64. The third-order valence-corrected chi connectivity index (χ3v) is 3.95. The van der Waals surface area contributed by atoms with Crippen LogP contribution in [0.1, 0.15) is 59.8 Å². The molecule has 1 heterocycles. The van der Waals surface area contributed by atoms with Crippen molar-refractivity contribution in [3.63, 3.8) is 0 Å². The fourth-order valence-corrected chi connectivity index (χ4v) is 2.85. The van der Waals surface area contributed by atoms with Gasteiger partial charge in [0.05, 0.1) is 0 Å². The third kappa shape index (κ3) is 5.39. The lowest BCUT2D eigenvalue weighted by molar-refractivity contribution is 0.119. The molecule has 2 nitrogen and oxygen atoms in total. The standard InChI is InChI=1S/C15H32N2/c1-5-8-14-12-17(10-7-9-13(3)4)15(6-2)11-16-14/h13-16H,5-12H2,1-4H3. The summed E-state index contributed by atoms with van der Waals surface area (Å²) in [6.45, 7) is 13.0. The maximum absolute atomic E-state index is 3.71. The van der Waals surface area contributed by atoms with Crippen LogP contribution in [-0.2, 0) is 0 Å². The predicted molar refractivity (Wildman–Crippen MR) is 76.4 cm³/mol. The molecule has 17 heavy (non-hydrogen) atoms. The van der Waals surface area contributed by atoms with E-state index in [1.807, 2.05) is 0 Å². The van der Waals surface area contributed by atoms with Crippen molar-refractivity contribution in [2.45, 2.75) is 71.9 Å². The van der Waals surface area contributed by atoms with E-state index in [-0.39, 0.29) is 0 Å². The maximum Gasteiger partial charge on any atom is 0.0218 e. The topological polar surface area (TPSA) is 15.3 Å². The van der Waals surface area contributed by atoms with Crippen LogP contribution in [0.5, 0.6) is 0 Å². The lowest BCUT2D eigenvalue weighted by Gasteiger charge is -2.40. The van der Waals surface area contributed by atoms with Gasteiger partial charge in [-0.15, -0.1) is 0 Å². The van der Waals surface area contributed by atoms with Crippen LogP contribution in [0, 0.1) is 5.92 Å². The summed E-state index contributed by atoms with van der Waals surface area (Å²) in [5, 5.41) is 3.71. The molecular weight excluding hydrogens is 208 g/mol. The first kappa shape index (κ1) is 15.0. The summed E-state index contributed by atoms with van der Waals surface area (Å²) in [7, 11) is 0. The average Bonchev–Trinajstić information content (AvgIpc) is 2.29. The first-order chi connectivity index (χ1) is 8.17. The molecule has 0 aliphatic carbocycles.